The Kier molecular flexibility index (Phi) is 6.22. The van der Waals surface area contributed by atoms with E-state index in [2.05, 4.69) is 4.98 Å². The Labute approximate surface area is 175 Å². The quantitative estimate of drug-likeness (QED) is 0.675. The lowest BCUT2D eigenvalue weighted by Gasteiger charge is -2.36. The van der Waals surface area contributed by atoms with Crippen LogP contribution in [0.3, 0.4) is 0 Å². The van der Waals surface area contributed by atoms with Gasteiger partial charge in [-0.05, 0) is 24.3 Å². The molecule has 0 amide bonds. The standard InChI is InChI=1S/C18H18F6N4O2S/c19-17(20,21)16(29,18(22,23)24)12-1-3-13(4-2-12)27-7-9-28(10-8-27)31(30)14-5-6-15(25)26-11-14/h1-6,11,29H,7-10H2,(H2,25,26). The van der Waals surface area contributed by atoms with E-state index in [0.29, 0.717) is 48.9 Å². The third-order valence-electron chi connectivity index (χ3n) is 4.90. The van der Waals surface area contributed by atoms with E-state index in [9.17, 15) is 35.7 Å². The first-order valence-electron chi connectivity index (χ1n) is 8.94. The molecule has 0 bridgehead atoms. The number of nitrogens with zero attached hydrogens (tertiary/aromatic N) is 3. The molecule has 2 heterocycles. The smallest absolute Gasteiger partial charge is 0.384 e. The lowest BCUT2D eigenvalue weighted by Crippen LogP contribution is -2.53. The molecular weight excluding hydrogens is 450 g/mol. The van der Waals surface area contributed by atoms with Crippen LogP contribution in [-0.2, 0) is 16.6 Å². The first-order valence-corrected chi connectivity index (χ1v) is 10.0. The Hall–Kier alpha value is -2.38. The van der Waals surface area contributed by atoms with E-state index in [4.69, 9.17) is 5.73 Å². The van der Waals surface area contributed by atoms with Crippen molar-refractivity contribution in [2.45, 2.75) is 22.8 Å². The Morgan fingerprint density at radius 1 is 0.903 bits per heavy atom. The fourth-order valence-electron chi connectivity index (χ4n) is 3.16. The summed E-state index contributed by atoms with van der Waals surface area (Å²) in [4.78, 5) is 6.09. The summed E-state index contributed by atoms with van der Waals surface area (Å²) in [7, 11) is -1.48. The predicted octanol–water partition coefficient (Wildman–Crippen LogP) is 2.82. The summed E-state index contributed by atoms with van der Waals surface area (Å²) in [6.45, 7) is 1.37. The van der Waals surface area contributed by atoms with Gasteiger partial charge in [0, 0.05) is 43.6 Å². The van der Waals surface area contributed by atoms with Gasteiger partial charge >= 0.3 is 12.4 Å². The first-order chi connectivity index (χ1) is 14.3. The number of anilines is 2. The molecule has 3 rings (SSSR count). The largest absolute Gasteiger partial charge is 0.430 e. The second-order valence-corrected chi connectivity index (χ2v) is 8.32. The maximum Gasteiger partial charge on any atom is 0.430 e. The first kappa shape index (κ1) is 23.3. The fourth-order valence-corrected chi connectivity index (χ4v) is 4.28. The van der Waals surface area contributed by atoms with E-state index >= 15 is 0 Å². The van der Waals surface area contributed by atoms with E-state index in [1.54, 1.807) is 15.3 Å². The molecule has 1 aromatic heterocycles. The lowest BCUT2D eigenvalue weighted by atomic mass is 9.92. The van der Waals surface area contributed by atoms with Crippen LogP contribution in [0.15, 0.2) is 47.5 Å². The monoisotopic (exact) mass is 468 g/mol. The Morgan fingerprint density at radius 2 is 1.45 bits per heavy atom. The number of nitrogens with two attached hydrogens (primary N) is 1. The second-order valence-electron chi connectivity index (χ2n) is 6.84. The topological polar surface area (TPSA) is 82.7 Å². The third-order valence-corrected chi connectivity index (χ3v) is 6.38. The highest BCUT2D eigenvalue weighted by Crippen LogP contribution is 2.50. The van der Waals surface area contributed by atoms with Gasteiger partial charge in [-0.2, -0.15) is 26.3 Å². The van der Waals surface area contributed by atoms with Gasteiger partial charge < -0.3 is 15.7 Å². The number of hydrogen-bond donors (Lipinski definition) is 2. The van der Waals surface area contributed by atoms with Crippen molar-refractivity contribution in [3.05, 3.63) is 48.2 Å². The van der Waals surface area contributed by atoms with Crippen LogP contribution in [0.4, 0.5) is 37.8 Å². The molecule has 1 aliphatic heterocycles. The number of nitrogen functional groups attached to an aromatic ring is 1. The number of halogens is 6. The molecular formula is C18H18F6N4O2S. The number of alkyl halides is 6. The van der Waals surface area contributed by atoms with Crippen LogP contribution in [0.25, 0.3) is 0 Å². The van der Waals surface area contributed by atoms with Crippen molar-refractivity contribution in [1.82, 2.24) is 9.29 Å². The summed E-state index contributed by atoms with van der Waals surface area (Å²) in [5.41, 5.74) is -0.384. The number of aromatic nitrogens is 1. The van der Waals surface area contributed by atoms with E-state index < -0.39 is 34.5 Å². The summed E-state index contributed by atoms with van der Waals surface area (Å²) in [6, 6.07) is 6.52. The van der Waals surface area contributed by atoms with Crippen molar-refractivity contribution in [1.29, 1.82) is 0 Å². The molecule has 1 unspecified atom stereocenters. The highest BCUT2D eigenvalue weighted by molar-refractivity contribution is 7.82. The van der Waals surface area contributed by atoms with Crippen LogP contribution >= 0.6 is 0 Å². The van der Waals surface area contributed by atoms with E-state index in [1.807, 2.05) is 0 Å². The predicted molar refractivity (Wildman–Crippen MR) is 101 cm³/mol. The number of pyridine rings is 1. The molecule has 3 N–H and O–H groups in total. The summed E-state index contributed by atoms with van der Waals surface area (Å²) in [5, 5.41) is 9.46. The number of hydrogen-bond acceptors (Lipinski definition) is 5. The lowest BCUT2D eigenvalue weighted by molar-refractivity contribution is -0.376. The molecule has 1 saturated heterocycles. The number of aliphatic hydroxyl groups is 1. The Balaban J connectivity index is 1.70. The van der Waals surface area contributed by atoms with Crippen molar-refractivity contribution in [2.75, 3.05) is 36.8 Å². The van der Waals surface area contributed by atoms with Gasteiger partial charge in [0.15, 0.2) is 0 Å². The summed E-state index contributed by atoms with van der Waals surface area (Å²) >= 11 is 0. The maximum atomic E-state index is 13.0. The van der Waals surface area contributed by atoms with E-state index in [1.165, 1.54) is 12.3 Å². The fraction of sp³-hybridized carbons (Fsp3) is 0.389. The summed E-state index contributed by atoms with van der Waals surface area (Å²) in [5.74, 6) is 0.289. The van der Waals surface area contributed by atoms with Crippen LogP contribution < -0.4 is 10.6 Å². The zero-order valence-electron chi connectivity index (χ0n) is 15.8. The molecule has 31 heavy (non-hydrogen) atoms. The Bertz CT molecular complexity index is 912. The Morgan fingerprint density at radius 3 is 1.90 bits per heavy atom. The molecule has 2 aromatic rings. The average Bonchev–Trinajstić information content (AvgIpc) is 2.72. The van der Waals surface area contributed by atoms with Crippen LogP contribution in [0, 0.1) is 0 Å². The minimum atomic E-state index is -5.93. The van der Waals surface area contributed by atoms with Crippen molar-refractivity contribution >= 4 is 22.5 Å². The molecule has 0 saturated carbocycles. The van der Waals surface area contributed by atoms with Gasteiger partial charge in [-0.3, -0.25) is 0 Å². The summed E-state index contributed by atoms with van der Waals surface area (Å²) in [6.07, 6.45) is -10.5. The van der Waals surface area contributed by atoms with Crippen molar-refractivity contribution in [2.24, 2.45) is 0 Å². The van der Waals surface area contributed by atoms with E-state index in [0.717, 1.165) is 12.1 Å². The molecule has 1 atom stereocenters. The molecule has 0 radical (unpaired) electrons. The van der Waals surface area contributed by atoms with Crippen molar-refractivity contribution in [3.8, 4) is 0 Å². The van der Waals surface area contributed by atoms with Crippen molar-refractivity contribution in [3.63, 3.8) is 0 Å². The van der Waals surface area contributed by atoms with Gasteiger partial charge in [0.25, 0.3) is 5.60 Å². The molecule has 1 aromatic carbocycles. The highest BCUT2D eigenvalue weighted by atomic mass is 32.2. The maximum absolute atomic E-state index is 13.0. The highest BCUT2D eigenvalue weighted by Gasteiger charge is 2.71. The zero-order valence-corrected chi connectivity index (χ0v) is 16.6. The van der Waals surface area contributed by atoms with Crippen LogP contribution in [0.5, 0.6) is 0 Å². The number of piperazine rings is 1. The SMILES string of the molecule is Nc1ccc(S(=O)N2CCN(c3ccc(C(O)(C(F)(F)F)C(F)(F)F)cc3)CC2)cn1. The van der Waals surface area contributed by atoms with Crippen LogP contribution in [0.1, 0.15) is 5.56 Å². The van der Waals surface area contributed by atoms with E-state index in [-0.39, 0.29) is 5.82 Å². The normalized spacial score (nSPS) is 17.6. The van der Waals surface area contributed by atoms with Crippen molar-refractivity contribution < 1.29 is 35.7 Å². The van der Waals surface area contributed by atoms with Gasteiger partial charge in [-0.1, -0.05) is 12.1 Å². The molecule has 1 aliphatic rings. The molecule has 0 spiro atoms. The second kappa shape index (κ2) is 8.28. The third kappa shape index (κ3) is 4.48. The van der Waals surface area contributed by atoms with Crippen LogP contribution in [0.2, 0.25) is 0 Å². The number of rotatable bonds is 4. The molecule has 1 fully saturated rings. The van der Waals surface area contributed by atoms with Gasteiger partial charge in [0.2, 0.25) is 0 Å². The zero-order chi connectivity index (χ0) is 23.0. The van der Waals surface area contributed by atoms with Gasteiger partial charge in [-0.25, -0.2) is 13.5 Å². The van der Waals surface area contributed by atoms with Gasteiger partial charge in [0.05, 0.1) is 4.90 Å². The minimum absolute atomic E-state index is 0.289. The molecule has 6 nitrogen and oxygen atoms in total. The van der Waals surface area contributed by atoms with Gasteiger partial charge in [-0.15, -0.1) is 0 Å². The number of benzene rings is 1. The molecule has 0 aliphatic carbocycles. The van der Waals surface area contributed by atoms with Crippen LogP contribution in [-0.4, -0.2) is 57.1 Å². The van der Waals surface area contributed by atoms with Gasteiger partial charge in [0.1, 0.15) is 16.8 Å². The average molecular weight is 468 g/mol. The molecule has 170 valence electrons. The summed E-state index contributed by atoms with van der Waals surface area (Å²) < 4.78 is 92.2. The minimum Gasteiger partial charge on any atom is -0.384 e. The molecule has 13 heteroatoms.